The number of aromatic nitrogens is 5. The molecule has 0 aliphatic rings. The number of nitrogens with zero attached hydrogens (tertiary/aromatic N) is 5. The first-order chi connectivity index (χ1) is 9.20. The van der Waals surface area contributed by atoms with Crippen LogP contribution in [0.2, 0.25) is 0 Å². The normalized spacial score (nSPS) is 11.1. The lowest BCUT2D eigenvalue weighted by Crippen LogP contribution is -2.01. The average Bonchev–Trinajstić information content (AvgIpc) is 2.76. The van der Waals surface area contributed by atoms with Gasteiger partial charge in [-0.25, -0.2) is 9.67 Å². The fraction of sp³-hybridized carbons (Fsp3) is 0.231. The van der Waals surface area contributed by atoms with E-state index in [0.717, 1.165) is 22.5 Å². The van der Waals surface area contributed by atoms with Crippen LogP contribution in [0.1, 0.15) is 11.3 Å². The Balaban J connectivity index is 2.29. The zero-order valence-corrected chi connectivity index (χ0v) is 11.8. The van der Waals surface area contributed by atoms with Gasteiger partial charge in [0.25, 0.3) is 0 Å². The molecule has 2 heterocycles. The number of hydrogen-bond donors (Lipinski definition) is 0. The Hall–Kier alpha value is -1.95. The lowest BCUT2D eigenvalue weighted by atomic mass is 10.2. The number of rotatable bonds is 2. The van der Waals surface area contributed by atoms with E-state index in [2.05, 4.69) is 33.3 Å². The van der Waals surface area contributed by atoms with Gasteiger partial charge in [-0.1, -0.05) is 30.0 Å². The summed E-state index contributed by atoms with van der Waals surface area (Å²) in [6.07, 6.45) is 1.93. The quantitative estimate of drug-likeness (QED) is 0.670. The molecule has 2 aromatic heterocycles. The summed E-state index contributed by atoms with van der Waals surface area (Å²) in [5.74, 6) is 0. The van der Waals surface area contributed by atoms with Crippen LogP contribution in [0.4, 0.5) is 0 Å². The second kappa shape index (κ2) is 4.62. The lowest BCUT2D eigenvalue weighted by Gasteiger charge is -2.05. The van der Waals surface area contributed by atoms with E-state index in [1.54, 1.807) is 0 Å². The summed E-state index contributed by atoms with van der Waals surface area (Å²) in [7, 11) is 0. The highest BCUT2D eigenvalue weighted by Crippen LogP contribution is 2.21. The van der Waals surface area contributed by atoms with E-state index in [1.165, 1.54) is 11.8 Å². The summed E-state index contributed by atoms with van der Waals surface area (Å²) < 4.78 is 1.81. The molecule has 0 saturated carbocycles. The van der Waals surface area contributed by atoms with E-state index in [0.29, 0.717) is 10.8 Å². The van der Waals surface area contributed by atoms with Gasteiger partial charge in [0, 0.05) is 0 Å². The largest absolute Gasteiger partial charge is 0.216 e. The Kier molecular flexibility index (Phi) is 2.94. The van der Waals surface area contributed by atoms with Crippen LogP contribution in [-0.2, 0) is 0 Å². The van der Waals surface area contributed by atoms with Crippen molar-refractivity contribution >= 4 is 22.9 Å². The molecule has 0 aliphatic heterocycles. The zero-order valence-electron chi connectivity index (χ0n) is 11.0. The monoisotopic (exact) mass is 271 g/mol. The molecule has 0 aliphatic carbocycles. The molecule has 6 heteroatoms. The van der Waals surface area contributed by atoms with E-state index >= 15 is 0 Å². The molecule has 3 aromatic rings. The van der Waals surface area contributed by atoms with Crippen LogP contribution in [0.15, 0.2) is 29.4 Å². The second-order valence-electron chi connectivity index (χ2n) is 4.25. The van der Waals surface area contributed by atoms with Crippen molar-refractivity contribution in [2.75, 3.05) is 6.26 Å². The Morgan fingerprint density at radius 2 is 1.89 bits per heavy atom. The molecule has 0 bridgehead atoms. The Bertz CT molecular complexity index is 750. The van der Waals surface area contributed by atoms with Crippen molar-refractivity contribution in [1.82, 2.24) is 25.0 Å². The molecular formula is C13H13N5S. The highest BCUT2D eigenvalue weighted by molar-refractivity contribution is 7.98. The molecule has 96 valence electrons. The molecule has 0 unspecified atom stereocenters. The summed E-state index contributed by atoms with van der Waals surface area (Å²) in [5, 5.41) is 13.6. The molecule has 0 N–H and O–H groups in total. The molecule has 0 amide bonds. The average molecular weight is 271 g/mol. The van der Waals surface area contributed by atoms with Gasteiger partial charge in [0.15, 0.2) is 0 Å². The molecule has 0 saturated heterocycles. The molecular weight excluding hydrogens is 258 g/mol. The predicted molar refractivity (Wildman–Crippen MR) is 75.7 cm³/mol. The van der Waals surface area contributed by atoms with Gasteiger partial charge >= 0.3 is 0 Å². The third-order valence-corrected chi connectivity index (χ3v) is 3.51. The fourth-order valence-electron chi connectivity index (χ4n) is 1.99. The summed E-state index contributed by atoms with van der Waals surface area (Å²) in [6.45, 7) is 3.99. The van der Waals surface area contributed by atoms with Crippen LogP contribution < -0.4 is 0 Å². The number of hydrogen-bond acceptors (Lipinski definition) is 5. The van der Waals surface area contributed by atoms with Crippen molar-refractivity contribution in [3.8, 4) is 5.69 Å². The van der Waals surface area contributed by atoms with Crippen molar-refractivity contribution in [2.24, 2.45) is 0 Å². The Morgan fingerprint density at radius 1 is 1.11 bits per heavy atom. The Morgan fingerprint density at radius 3 is 2.63 bits per heavy atom. The van der Waals surface area contributed by atoms with Crippen LogP contribution in [-0.4, -0.2) is 31.2 Å². The van der Waals surface area contributed by atoms with Crippen molar-refractivity contribution < 1.29 is 0 Å². The van der Waals surface area contributed by atoms with E-state index in [-0.39, 0.29) is 0 Å². The molecule has 3 rings (SSSR count). The van der Waals surface area contributed by atoms with Gasteiger partial charge in [0.1, 0.15) is 5.52 Å². The predicted octanol–water partition coefficient (Wildman–Crippen LogP) is 2.55. The van der Waals surface area contributed by atoms with Crippen LogP contribution in [0, 0.1) is 13.8 Å². The van der Waals surface area contributed by atoms with E-state index in [1.807, 2.05) is 36.1 Å². The lowest BCUT2D eigenvalue weighted by molar-refractivity contribution is 0.830. The van der Waals surface area contributed by atoms with E-state index in [9.17, 15) is 0 Å². The Labute approximate surface area is 115 Å². The molecule has 0 radical (unpaired) electrons. The second-order valence-corrected chi connectivity index (χ2v) is 5.03. The van der Waals surface area contributed by atoms with Crippen LogP contribution in [0.5, 0.6) is 0 Å². The SMILES string of the molecule is CSc1nnc2c(n1)c(C)nn2-c1ccccc1C. The maximum absolute atomic E-state index is 4.54. The fourth-order valence-corrected chi connectivity index (χ4v) is 2.30. The standard InChI is InChI=1S/C13H13N5S/c1-8-6-4-5-7-10(8)18-12-11(9(2)17-18)14-13(19-3)16-15-12/h4-7H,1-3H3. The van der Waals surface area contributed by atoms with Gasteiger partial charge in [-0.15, -0.1) is 10.2 Å². The summed E-state index contributed by atoms with van der Waals surface area (Å²) in [5.41, 5.74) is 4.52. The highest BCUT2D eigenvalue weighted by atomic mass is 32.2. The maximum Gasteiger partial charge on any atom is 0.209 e. The highest BCUT2D eigenvalue weighted by Gasteiger charge is 2.14. The van der Waals surface area contributed by atoms with Gasteiger partial charge in [-0.2, -0.15) is 5.10 Å². The molecule has 1 aromatic carbocycles. The summed E-state index contributed by atoms with van der Waals surface area (Å²) in [4.78, 5) is 4.48. The van der Waals surface area contributed by atoms with E-state index < -0.39 is 0 Å². The first-order valence-electron chi connectivity index (χ1n) is 5.90. The number of aryl methyl sites for hydroxylation is 2. The van der Waals surface area contributed by atoms with Gasteiger partial charge in [-0.05, 0) is 31.7 Å². The van der Waals surface area contributed by atoms with Gasteiger partial charge < -0.3 is 0 Å². The van der Waals surface area contributed by atoms with E-state index in [4.69, 9.17) is 0 Å². The number of thioether (sulfide) groups is 1. The van der Waals surface area contributed by atoms with Gasteiger partial charge in [0.2, 0.25) is 10.8 Å². The van der Waals surface area contributed by atoms with Crippen molar-refractivity contribution in [3.05, 3.63) is 35.5 Å². The van der Waals surface area contributed by atoms with Crippen molar-refractivity contribution in [3.63, 3.8) is 0 Å². The van der Waals surface area contributed by atoms with Gasteiger partial charge in [0.05, 0.1) is 11.4 Å². The van der Waals surface area contributed by atoms with Crippen molar-refractivity contribution in [1.29, 1.82) is 0 Å². The molecule has 19 heavy (non-hydrogen) atoms. The van der Waals surface area contributed by atoms with Crippen LogP contribution in [0.25, 0.3) is 16.9 Å². The zero-order chi connectivity index (χ0) is 13.4. The first kappa shape index (κ1) is 12.1. The first-order valence-corrected chi connectivity index (χ1v) is 7.13. The topological polar surface area (TPSA) is 56.5 Å². The number of benzene rings is 1. The third kappa shape index (κ3) is 1.98. The smallest absolute Gasteiger partial charge is 0.209 e. The molecule has 5 nitrogen and oxygen atoms in total. The molecule has 0 atom stereocenters. The minimum absolute atomic E-state index is 0.667. The van der Waals surface area contributed by atoms with Gasteiger partial charge in [-0.3, -0.25) is 0 Å². The minimum Gasteiger partial charge on any atom is -0.216 e. The summed E-state index contributed by atoms with van der Waals surface area (Å²) >= 11 is 1.48. The third-order valence-electron chi connectivity index (χ3n) is 2.97. The van der Waals surface area contributed by atoms with Crippen LogP contribution in [0.3, 0.4) is 0 Å². The number of para-hydroxylation sites is 1. The number of fused-ring (bicyclic) bond motifs is 1. The molecule has 0 fully saturated rings. The van der Waals surface area contributed by atoms with Crippen molar-refractivity contribution in [2.45, 2.75) is 19.0 Å². The minimum atomic E-state index is 0.667. The van der Waals surface area contributed by atoms with Crippen LogP contribution >= 0.6 is 11.8 Å². The molecule has 0 spiro atoms. The maximum atomic E-state index is 4.54. The summed E-state index contributed by atoms with van der Waals surface area (Å²) in [6, 6.07) is 8.07.